The molecule has 2 N–H and O–H groups in total. The molecule has 0 atom stereocenters. The molecule has 0 unspecified atom stereocenters. The standard InChI is InChI=1S/C10H9ClFN3/c11-8-5-14-15(6-8)10-3-7(4-13)1-2-9(10)12/h1-3,5-6H,4,13H2. The smallest absolute Gasteiger partial charge is 0.148 e. The highest BCUT2D eigenvalue weighted by atomic mass is 35.5. The average molecular weight is 226 g/mol. The van der Waals surface area contributed by atoms with Crippen LogP contribution < -0.4 is 5.73 Å². The van der Waals surface area contributed by atoms with E-state index in [9.17, 15) is 4.39 Å². The first-order valence-electron chi connectivity index (χ1n) is 4.40. The van der Waals surface area contributed by atoms with Gasteiger partial charge in [-0.05, 0) is 17.7 Å². The Hall–Kier alpha value is -1.39. The fourth-order valence-corrected chi connectivity index (χ4v) is 1.43. The van der Waals surface area contributed by atoms with Crippen LogP contribution in [0.5, 0.6) is 0 Å². The van der Waals surface area contributed by atoms with Gasteiger partial charge in [0.2, 0.25) is 0 Å². The van der Waals surface area contributed by atoms with Crippen molar-refractivity contribution in [1.82, 2.24) is 9.78 Å². The van der Waals surface area contributed by atoms with Crippen molar-refractivity contribution in [3.05, 3.63) is 47.0 Å². The van der Waals surface area contributed by atoms with Gasteiger partial charge >= 0.3 is 0 Å². The second-order valence-electron chi connectivity index (χ2n) is 3.09. The molecule has 3 nitrogen and oxygen atoms in total. The van der Waals surface area contributed by atoms with Crippen LogP contribution in [0.25, 0.3) is 5.69 Å². The average Bonchev–Trinajstić information content (AvgIpc) is 2.65. The topological polar surface area (TPSA) is 43.8 Å². The number of hydrogen-bond donors (Lipinski definition) is 1. The Morgan fingerprint density at radius 3 is 2.87 bits per heavy atom. The van der Waals surface area contributed by atoms with Crippen LogP contribution in [0.2, 0.25) is 5.02 Å². The Kier molecular flexibility index (Phi) is 2.70. The van der Waals surface area contributed by atoms with Gasteiger partial charge in [-0.1, -0.05) is 17.7 Å². The third-order valence-corrected chi connectivity index (χ3v) is 2.24. The number of benzene rings is 1. The maximum atomic E-state index is 13.5. The van der Waals surface area contributed by atoms with Crippen molar-refractivity contribution in [3.8, 4) is 5.69 Å². The molecule has 1 aromatic carbocycles. The highest BCUT2D eigenvalue weighted by Crippen LogP contribution is 2.16. The van der Waals surface area contributed by atoms with E-state index in [0.29, 0.717) is 17.3 Å². The summed E-state index contributed by atoms with van der Waals surface area (Å²) in [6.07, 6.45) is 3.00. The Labute approximate surface area is 91.3 Å². The van der Waals surface area contributed by atoms with Gasteiger partial charge in [-0.15, -0.1) is 0 Å². The molecule has 1 heterocycles. The van der Waals surface area contributed by atoms with Gasteiger partial charge in [-0.25, -0.2) is 9.07 Å². The van der Waals surface area contributed by atoms with E-state index in [1.54, 1.807) is 18.3 Å². The number of nitrogens with zero attached hydrogens (tertiary/aromatic N) is 2. The van der Waals surface area contributed by atoms with Crippen LogP contribution in [-0.4, -0.2) is 9.78 Å². The summed E-state index contributed by atoms with van der Waals surface area (Å²) >= 11 is 5.71. The second kappa shape index (κ2) is 4.00. The van der Waals surface area contributed by atoms with Crippen molar-refractivity contribution in [2.75, 3.05) is 0 Å². The molecule has 0 aliphatic rings. The first kappa shape index (κ1) is 10.1. The molecular weight excluding hydrogens is 217 g/mol. The summed E-state index contributed by atoms with van der Waals surface area (Å²) in [5.41, 5.74) is 6.67. The molecule has 78 valence electrons. The van der Waals surface area contributed by atoms with Crippen LogP contribution >= 0.6 is 11.6 Å². The number of nitrogens with two attached hydrogens (primary N) is 1. The summed E-state index contributed by atoms with van der Waals surface area (Å²) in [7, 11) is 0. The molecule has 2 rings (SSSR count). The summed E-state index contributed by atoms with van der Waals surface area (Å²) in [5, 5.41) is 4.39. The van der Waals surface area contributed by atoms with Crippen LogP contribution in [-0.2, 0) is 6.54 Å². The molecule has 0 aliphatic carbocycles. The number of rotatable bonds is 2. The van der Waals surface area contributed by atoms with Crippen molar-refractivity contribution in [3.63, 3.8) is 0 Å². The Balaban J connectivity index is 2.51. The minimum Gasteiger partial charge on any atom is -0.326 e. The maximum Gasteiger partial charge on any atom is 0.148 e. The highest BCUT2D eigenvalue weighted by molar-refractivity contribution is 6.30. The Morgan fingerprint density at radius 2 is 2.27 bits per heavy atom. The van der Waals surface area contributed by atoms with Crippen LogP contribution in [0, 0.1) is 5.82 Å². The third-order valence-electron chi connectivity index (χ3n) is 2.04. The lowest BCUT2D eigenvalue weighted by Gasteiger charge is -2.05. The van der Waals surface area contributed by atoms with Gasteiger partial charge < -0.3 is 5.73 Å². The van der Waals surface area contributed by atoms with Crippen molar-refractivity contribution in [2.24, 2.45) is 5.73 Å². The van der Waals surface area contributed by atoms with Gasteiger partial charge in [0.05, 0.1) is 11.2 Å². The lowest BCUT2D eigenvalue weighted by molar-refractivity contribution is 0.610. The minimum absolute atomic E-state index is 0.352. The van der Waals surface area contributed by atoms with E-state index in [2.05, 4.69) is 5.10 Å². The van der Waals surface area contributed by atoms with Crippen molar-refractivity contribution in [1.29, 1.82) is 0 Å². The zero-order valence-corrected chi connectivity index (χ0v) is 8.58. The fraction of sp³-hybridized carbons (Fsp3) is 0.100. The lowest BCUT2D eigenvalue weighted by atomic mass is 10.2. The van der Waals surface area contributed by atoms with E-state index in [1.165, 1.54) is 16.9 Å². The van der Waals surface area contributed by atoms with E-state index in [0.717, 1.165) is 5.56 Å². The van der Waals surface area contributed by atoms with Gasteiger partial charge in [0, 0.05) is 12.7 Å². The molecule has 5 heteroatoms. The van der Waals surface area contributed by atoms with Gasteiger partial charge in [0.15, 0.2) is 0 Å². The van der Waals surface area contributed by atoms with E-state index < -0.39 is 0 Å². The zero-order chi connectivity index (χ0) is 10.8. The predicted octanol–water partition coefficient (Wildman–Crippen LogP) is 2.12. The van der Waals surface area contributed by atoms with Gasteiger partial charge in [-0.2, -0.15) is 5.10 Å². The monoisotopic (exact) mass is 225 g/mol. The molecule has 0 saturated heterocycles. The van der Waals surface area contributed by atoms with E-state index in [-0.39, 0.29) is 5.82 Å². The highest BCUT2D eigenvalue weighted by Gasteiger charge is 2.06. The van der Waals surface area contributed by atoms with E-state index >= 15 is 0 Å². The second-order valence-corrected chi connectivity index (χ2v) is 3.53. The summed E-state index contributed by atoms with van der Waals surface area (Å²) in [6.45, 7) is 0.363. The Morgan fingerprint density at radius 1 is 1.47 bits per heavy atom. The van der Waals surface area contributed by atoms with Gasteiger partial charge in [-0.3, -0.25) is 0 Å². The molecule has 0 aliphatic heterocycles. The summed E-state index contributed by atoms with van der Waals surface area (Å²) in [4.78, 5) is 0. The van der Waals surface area contributed by atoms with E-state index in [1.807, 2.05) is 0 Å². The van der Waals surface area contributed by atoms with Crippen molar-refractivity contribution >= 4 is 11.6 Å². The van der Waals surface area contributed by atoms with Crippen molar-refractivity contribution in [2.45, 2.75) is 6.54 Å². The van der Waals surface area contributed by atoms with Crippen LogP contribution in [0.4, 0.5) is 4.39 Å². The molecule has 0 saturated carbocycles. The summed E-state index contributed by atoms with van der Waals surface area (Å²) < 4.78 is 14.8. The molecule has 0 amide bonds. The van der Waals surface area contributed by atoms with Crippen molar-refractivity contribution < 1.29 is 4.39 Å². The number of hydrogen-bond acceptors (Lipinski definition) is 2. The fourth-order valence-electron chi connectivity index (χ4n) is 1.29. The predicted molar refractivity (Wildman–Crippen MR) is 56.4 cm³/mol. The Bertz CT molecular complexity index is 481. The largest absolute Gasteiger partial charge is 0.326 e. The normalized spacial score (nSPS) is 10.6. The first-order chi connectivity index (χ1) is 7.20. The molecule has 1 aromatic heterocycles. The first-order valence-corrected chi connectivity index (χ1v) is 4.77. The third kappa shape index (κ3) is 2.00. The molecule has 0 radical (unpaired) electrons. The molecule has 0 fully saturated rings. The summed E-state index contributed by atoms with van der Waals surface area (Å²) in [6, 6.07) is 4.66. The molecule has 0 spiro atoms. The van der Waals surface area contributed by atoms with Crippen LogP contribution in [0.1, 0.15) is 5.56 Å². The molecule has 15 heavy (non-hydrogen) atoms. The lowest BCUT2D eigenvalue weighted by Crippen LogP contribution is -2.02. The number of halogens is 2. The molecular formula is C10H9ClFN3. The van der Waals surface area contributed by atoms with E-state index in [4.69, 9.17) is 17.3 Å². The molecule has 0 bridgehead atoms. The quantitative estimate of drug-likeness (QED) is 0.851. The number of aromatic nitrogens is 2. The maximum absolute atomic E-state index is 13.5. The SMILES string of the molecule is NCc1ccc(F)c(-n2cc(Cl)cn2)c1. The zero-order valence-electron chi connectivity index (χ0n) is 7.82. The van der Waals surface area contributed by atoms with Gasteiger partial charge in [0.1, 0.15) is 11.5 Å². The van der Waals surface area contributed by atoms with Gasteiger partial charge in [0.25, 0.3) is 0 Å². The molecule has 2 aromatic rings. The summed E-state index contributed by atoms with van der Waals surface area (Å²) in [5.74, 6) is -0.355. The van der Waals surface area contributed by atoms with Crippen LogP contribution in [0.15, 0.2) is 30.6 Å². The minimum atomic E-state index is -0.355. The van der Waals surface area contributed by atoms with Crippen LogP contribution in [0.3, 0.4) is 0 Å².